The summed E-state index contributed by atoms with van der Waals surface area (Å²) in [5.74, 6) is -0.504. The Kier molecular flexibility index (Phi) is 3.38. The molecule has 2 rings (SSSR count). The van der Waals surface area contributed by atoms with Gasteiger partial charge in [0.25, 0.3) is 5.91 Å². The molecule has 1 aromatic heterocycles. The maximum Gasteiger partial charge on any atom is 0.280 e. The molecule has 0 aliphatic carbocycles. The third-order valence-electron chi connectivity index (χ3n) is 2.53. The van der Waals surface area contributed by atoms with Crippen molar-refractivity contribution in [2.24, 2.45) is 0 Å². The Labute approximate surface area is 103 Å². The van der Waals surface area contributed by atoms with Gasteiger partial charge in [-0.25, -0.2) is 9.37 Å². The van der Waals surface area contributed by atoms with Crippen molar-refractivity contribution in [3.8, 4) is 0 Å². The Morgan fingerprint density at radius 3 is 3.06 bits per heavy atom. The zero-order valence-electron chi connectivity index (χ0n) is 9.66. The fraction of sp³-hybridized carbons (Fsp3) is 0.333. The molecule has 0 spiro atoms. The molecule has 0 aliphatic rings. The third kappa shape index (κ3) is 2.61. The Balaban J connectivity index is 2.27. The minimum absolute atomic E-state index is 0.117. The number of aromatic nitrogens is 1. The lowest BCUT2D eigenvalue weighted by Gasteiger charge is -2.08. The van der Waals surface area contributed by atoms with Crippen LogP contribution in [0.1, 0.15) is 30.1 Å². The normalized spacial score (nSPS) is 12.6. The monoisotopic (exact) mass is 252 g/mol. The van der Waals surface area contributed by atoms with E-state index in [9.17, 15) is 9.18 Å². The van der Waals surface area contributed by atoms with Gasteiger partial charge in [0, 0.05) is 6.04 Å². The highest BCUT2D eigenvalue weighted by atomic mass is 32.1. The zero-order chi connectivity index (χ0) is 12.4. The summed E-state index contributed by atoms with van der Waals surface area (Å²) in [4.78, 5) is 16.0. The van der Waals surface area contributed by atoms with Crippen LogP contribution in [0.4, 0.5) is 4.39 Å². The number of thiazole rings is 1. The first-order valence-corrected chi connectivity index (χ1v) is 6.28. The lowest BCUT2D eigenvalue weighted by atomic mass is 10.2. The molecule has 0 fully saturated rings. The van der Waals surface area contributed by atoms with Gasteiger partial charge in [-0.1, -0.05) is 6.92 Å². The summed E-state index contributed by atoms with van der Waals surface area (Å²) in [6, 6.07) is 4.44. The average molecular weight is 252 g/mol. The van der Waals surface area contributed by atoms with Crippen molar-refractivity contribution in [3.63, 3.8) is 0 Å². The highest BCUT2D eigenvalue weighted by molar-refractivity contribution is 7.20. The SMILES string of the molecule is CCC(C)NC(=O)c1nc2ccc(F)cc2s1. The Bertz CT molecular complexity index is 552. The molecule has 0 saturated heterocycles. The average Bonchev–Trinajstić information content (AvgIpc) is 2.71. The van der Waals surface area contributed by atoms with E-state index in [1.807, 2.05) is 13.8 Å². The number of rotatable bonds is 3. The molecule has 17 heavy (non-hydrogen) atoms. The number of hydrogen-bond donors (Lipinski definition) is 1. The second-order valence-corrected chi connectivity index (χ2v) is 4.94. The van der Waals surface area contributed by atoms with Crippen LogP contribution in [-0.4, -0.2) is 16.9 Å². The van der Waals surface area contributed by atoms with Crippen LogP contribution in [0.15, 0.2) is 18.2 Å². The second kappa shape index (κ2) is 4.79. The van der Waals surface area contributed by atoms with Crippen LogP contribution in [0.3, 0.4) is 0 Å². The number of fused-ring (bicyclic) bond motifs is 1. The predicted molar refractivity (Wildman–Crippen MR) is 66.8 cm³/mol. The Morgan fingerprint density at radius 1 is 1.59 bits per heavy atom. The van der Waals surface area contributed by atoms with Crippen LogP contribution in [0.25, 0.3) is 10.2 Å². The summed E-state index contributed by atoms with van der Waals surface area (Å²) in [6.45, 7) is 3.93. The van der Waals surface area contributed by atoms with E-state index in [2.05, 4.69) is 10.3 Å². The van der Waals surface area contributed by atoms with Crippen molar-refractivity contribution in [2.75, 3.05) is 0 Å². The zero-order valence-corrected chi connectivity index (χ0v) is 10.5. The quantitative estimate of drug-likeness (QED) is 0.912. The van der Waals surface area contributed by atoms with Gasteiger partial charge in [0.05, 0.1) is 10.2 Å². The number of nitrogens with one attached hydrogen (secondary N) is 1. The standard InChI is InChI=1S/C12H13FN2OS/c1-3-7(2)14-11(16)12-15-9-5-4-8(13)6-10(9)17-12/h4-7H,3H2,1-2H3,(H,14,16). The van der Waals surface area contributed by atoms with E-state index in [0.29, 0.717) is 15.2 Å². The molecule has 1 heterocycles. The first-order valence-electron chi connectivity index (χ1n) is 5.47. The molecule has 1 aromatic carbocycles. The van der Waals surface area contributed by atoms with Gasteiger partial charge < -0.3 is 5.32 Å². The molecule has 1 atom stereocenters. The molecule has 1 N–H and O–H groups in total. The van der Waals surface area contributed by atoms with Gasteiger partial charge in [0.15, 0.2) is 5.01 Å². The second-order valence-electron chi connectivity index (χ2n) is 3.91. The molecular weight excluding hydrogens is 239 g/mol. The van der Waals surface area contributed by atoms with Gasteiger partial charge in [-0.2, -0.15) is 0 Å². The molecule has 1 unspecified atom stereocenters. The summed E-state index contributed by atoms with van der Waals surface area (Å²) < 4.78 is 13.7. The summed E-state index contributed by atoms with van der Waals surface area (Å²) in [5, 5.41) is 3.22. The number of hydrogen-bond acceptors (Lipinski definition) is 3. The smallest absolute Gasteiger partial charge is 0.280 e. The van der Waals surface area contributed by atoms with Crippen LogP contribution in [0.2, 0.25) is 0 Å². The molecule has 0 radical (unpaired) electrons. The van der Waals surface area contributed by atoms with Crippen molar-refractivity contribution in [3.05, 3.63) is 29.0 Å². The van der Waals surface area contributed by atoms with Crippen molar-refractivity contribution in [1.82, 2.24) is 10.3 Å². The molecule has 0 saturated carbocycles. The number of nitrogens with zero attached hydrogens (tertiary/aromatic N) is 1. The lowest BCUT2D eigenvalue weighted by molar-refractivity contribution is 0.0939. The number of carbonyl (C=O) groups is 1. The maximum atomic E-state index is 13.0. The van der Waals surface area contributed by atoms with Crippen LogP contribution in [-0.2, 0) is 0 Å². The molecule has 1 amide bonds. The molecular formula is C12H13FN2OS. The topological polar surface area (TPSA) is 42.0 Å². The van der Waals surface area contributed by atoms with Gasteiger partial charge in [0.2, 0.25) is 0 Å². The van der Waals surface area contributed by atoms with E-state index in [1.165, 1.54) is 23.5 Å². The third-order valence-corrected chi connectivity index (χ3v) is 3.55. The predicted octanol–water partition coefficient (Wildman–Crippen LogP) is 2.96. The lowest BCUT2D eigenvalue weighted by Crippen LogP contribution is -2.31. The molecule has 90 valence electrons. The van der Waals surface area contributed by atoms with Crippen LogP contribution >= 0.6 is 11.3 Å². The maximum absolute atomic E-state index is 13.0. The molecule has 0 bridgehead atoms. The number of carbonyl (C=O) groups excluding carboxylic acids is 1. The van der Waals surface area contributed by atoms with Crippen LogP contribution in [0, 0.1) is 5.82 Å². The van der Waals surface area contributed by atoms with E-state index in [-0.39, 0.29) is 17.8 Å². The van der Waals surface area contributed by atoms with Crippen molar-refractivity contribution >= 4 is 27.5 Å². The minimum atomic E-state index is -0.310. The summed E-state index contributed by atoms with van der Waals surface area (Å²) in [6.07, 6.45) is 0.866. The minimum Gasteiger partial charge on any atom is -0.348 e. The van der Waals surface area contributed by atoms with Gasteiger partial charge in [-0.3, -0.25) is 4.79 Å². The van der Waals surface area contributed by atoms with E-state index in [0.717, 1.165) is 6.42 Å². The van der Waals surface area contributed by atoms with Gasteiger partial charge in [-0.15, -0.1) is 11.3 Å². The molecule has 5 heteroatoms. The Morgan fingerprint density at radius 2 is 2.35 bits per heavy atom. The fourth-order valence-corrected chi connectivity index (χ4v) is 2.28. The summed E-state index contributed by atoms with van der Waals surface area (Å²) in [7, 11) is 0. The number of amides is 1. The van der Waals surface area contributed by atoms with E-state index < -0.39 is 0 Å². The summed E-state index contributed by atoms with van der Waals surface area (Å²) in [5.41, 5.74) is 0.658. The van der Waals surface area contributed by atoms with Crippen LogP contribution < -0.4 is 5.32 Å². The van der Waals surface area contributed by atoms with Crippen LogP contribution in [0.5, 0.6) is 0 Å². The first kappa shape index (κ1) is 12.0. The highest BCUT2D eigenvalue weighted by Gasteiger charge is 2.13. The van der Waals surface area contributed by atoms with Gasteiger partial charge >= 0.3 is 0 Å². The molecule has 3 nitrogen and oxygen atoms in total. The highest BCUT2D eigenvalue weighted by Crippen LogP contribution is 2.22. The van der Waals surface area contributed by atoms with Gasteiger partial charge in [-0.05, 0) is 31.5 Å². The first-order chi connectivity index (χ1) is 8.10. The Hall–Kier alpha value is -1.49. The van der Waals surface area contributed by atoms with E-state index >= 15 is 0 Å². The number of halogens is 1. The van der Waals surface area contributed by atoms with Gasteiger partial charge in [0.1, 0.15) is 5.82 Å². The molecule has 0 aliphatic heterocycles. The number of benzene rings is 1. The van der Waals surface area contributed by atoms with Crippen molar-refractivity contribution in [2.45, 2.75) is 26.3 Å². The van der Waals surface area contributed by atoms with Crippen molar-refractivity contribution in [1.29, 1.82) is 0 Å². The largest absolute Gasteiger partial charge is 0.348 e. The molecule has 2 aromatic rings. The fourth-order valence-electron chi connectivity index (χ4n) is 1.38. The summed E-state index contributed by atoms with van der Waals surface area (Å²) >= 11 is 1.21. The van der Waals surface area contributed by atoms with E-state index in [4.69, 9.17) is 0 Å². The van der Waals surface area contributed by atoms with Crippen molar-refractivity contribution < 1.29 is 9.18 Å². The van der Waals surface area contributed by atoms with E-state index in [1.54, 1.807) is 6.07 Å².